The summed E-state index contributed by atoms with van der Waals surface area (Å²) in [6.07, 6.45) is 0. The molecule has 7 nitrogen and oxygen atoms in total. The molecule has 2 aliphatic heterocycles. The minimum atomic E-state index is -0.158. The second-order valence-corrected chi connectivity index (χ2v) is 11.1. The average Bonchev–Trinajstić information content (AvgIpc) is 3.34. The molecule has 0 unspecified atom stereocenters. The fraction of sp³-hybridized carbons (Fsp3) is 0.171. The van der Waals surface area contributed by atoms with Crippen molar-refractivity contribution < 1.29 is 0 Å². The number of benzene rings is 4. The average molecular weight is 552 g/mol. The van der Waals surface area contributed by atoms with Gasteiger partial charge in [-0.15, -0.1) is 0 Å². The number of aryl methyl sites for hydroxylation is 3. The zero-order valence-electron chi connectivity index (χ0n) is 24.5. The Balaban J connectivity index is 1.47. The largest absolute Gasteiger partial charge is 0.378 e. The molecule has 0 saturated carbocycles. The van der Waals surface area contributed by atoms with Crippen molar-refractivity contribution in [1.29, 1.82) is 0 Å². The topological polar surface area (TPSA) is 61.1 Å². The van der Waals surface area contributed by atoms with Crippen molar-refractivity contribution in [2.75, 3.05) is 29.2 Å². The third-order valence-electron chi connectivity index (χ3n) is 8.13. The maximum Gasteiger partial charge on any atom is 0.179 e. The molecule has 2 aliphatic rings. The summed E-state index contributed by atoms with van der Waals surface area (Å²) in [6, 6.07) is 33.5. The van der Waals surface area contributed by atoms with E-state index in [0.717, 1.165) is 56.9 Å². The lowest BCUT2D eigenvalue weighted by Gasteiger charge is -2.40. The highest BCUT2D eigenvalue weighted by Gasteiger charge is 2.41. The number of amidine groups is 2. The van der Waals surface area contributed by atoms with Crippen molar-refractivity contribution in [2.24, 2.45) is 9.98 Å². The molecule has 0 radical (unpaired) electrons. The Morgan fingerprint density at radius 3 is 2.24 bits per heavy atom. The summed E-state index contributed by atoms with van der Waals surface area (Å²) >= 11 is 0. The number of anilines is 3. The van der Waals surface area contributed by atoms with E-state index in [2.05, 4.69) is 123 Å². The smallest absolute Gasteiger partial charge is 0.179 e. The summed E-state index contributed by atoms with van der Waals surface area (Å²) in [7, 11) is 4.13. The van der Waals surface area contributed by atoms with Crippen molar-refractivity contribution >= 4 is 40.2 Å². The molecule has 0 spiro atoms. The number of fused-ring (bicyclic) bond motifs is 4. The molecule has 0 saturated heterocycles. The van der Waals surface area contributed by atoms with Gasteiger partial charge in [-0.25, -0.2) is 14.7 Å². The number of aliphatic imine (C=N–C) groups is 2. The SMILES string of the molecule is Cc1ccc(NC2=Nc3ccccc3N3C2=Nc2c(c(C)nn2-c2ccccc2)[C@H]3c2ccc(N(C)C)cc2)cc1C. The number of hydrogen-bond donors (Lipinski definition) is 1. The van der Waals surface area contributed by atoms with E-state index in [-0.39, 0.29) is 6.04 Å². The zero-order valence-corrected chi connectivity index (χ0v) is 24.5. The minimum Gasteiger partial charge on any atom is -0.378 e. The molecule has 7 heteroatoms. The highest BCUT2D eigenvalue weighted by molar-refractivity contribution is 6.51. The van der Waals surface area contributed by atoms with Gasteiger partial charge in [0.25, 0.3) is 0 Å². The van der Waals surface area contributed by atoms with Crippen LogP contribution in [0.25, 0.3) is 5.69 Å². The van der Waals surface area contributed by atoms with E-state index in [1.54, 1.807) is 0 Å². The number of para-hydroxylation sites is 3. The Labute approximate surface area is 246 Å². The summed E-state index contributed by atoms with van der Waals surface area (Å²) in [6.45, 7) is 6.34. The predicted octanol–water partition coefficient (Wildman–Crippen LogP) is 7.66. The summed E-state index contributed by atoms with van der Waals surface area (Å²) < 4.78 is 1.96. The Hall–Kier alpha value is -5.17. The van der Waals surface area contributed by atoms with Crippen LogP contribution in [0.15, 0.2) is 107 Å². The molecule has 0 bridgehead atoms. The van der Waals surface area contributed by atoms with Crippen LogP contribution in [0.3, 0.4) is 0 Å². The third kappa shape index (κ3) is 4.25. The maximum atomic E-state index is 5.34. The van der Waals surface area contributed by atoms with E-state index in [1.165, 1.54) is 11.1 Å². The van der Waals surface area contributed by atoms with Gasteiger partial charge in [0.1, 0.15) is 0 Å². The van der Waals surface area contributed by atoms with E-state index in [0.29, 0.717) is 5.84 Å². The van der Waals surface area contributed by atoms with Gasteiger partial charge in [-0.3, -0.25) is 0 Å². The van der Waals surface area contributed by atoms with Crippen LogP contribution in [-0.2, 0) is 0 Å². The standard InChI is InChI=1S/C35H33N7/c1-22-15-18-26(21-23(22)2)36-33-35-38-34-31(24(3)39-42(34)28-11-7-6-8-12-28)32(25-16-19-27(20-17-25)40(4)5)41(35)30-14-10-9-13-29(30)37-33/h6-21,32H,1-5H3,(H,36,37)/t32-/m1/s1. The van der Waals surface area contributed by atoms with Gasteiger partial charge in [0, 0.05) is 31.0 Å². The highest BCUT2D eigenvalue weighted by atomic mass is 15.4. The van der Waals surface area contributed by atoms with E-state index >= 15 is 0 Å². The van der Waals surface area contributed by atoms with Crippen LogP contribution in [-0.4, -0.2) is 35.5 Å². The molecule has 7 rings (SSSR count). The zero-order chi connectivity index (χ0) is 29.0. The first kappa shape index (κ1) is 25.8. The second kappa shape index (κ2) is 10.0. The third-order valence-corrected chi connectivity index (χ3v) is 8.13. The van der Waals surface area contributed by atoms with Gasteiger partial charge in [0.05, 0.1) is 28.8 Å². The van der Waals surface area contributed by atoms with Crippen molar-refractivity contribution in [3.05, 3.63) is 125 Å². The number of nitrogens with zero attached hydrogens (tertiary/aromatic N) is 6. The van der Waals surface area contributed by atoms with Gasteiger partial charge < -0.3 is 15.1 Å². The predicted molar refractivity (Wildman–Crippen MR) is 174 cm³/mol. The molecule has 5 aromatic rings. The Morgan fingerprint density at radius 2 is 1.50 bits per heavy atom. The molecule has 208 valence electrons. The van der Waals surface area contributed by atoms with Gasteiger partial charge in [-0.05, 0) is 86.0 Å². The van der Waals surface area contributed by atoms with Crippen molar-refractivity contribution in [2.45, 2.75) is 26.8 Å². The molecular weight excluding hydrogens is 518 g/mol. The van der Waals surface area contributed by atoms with Crippen molar-refractivity contribution in [3.63, 3.8) is 0 Å². The minimum absolute atomic E-state index is 0.158. The van der Waals surface area contributed by atoms with E-state index < -0.39 is 0 Å². The van der Waals surface area contributed by atoms with Crippen LogP contribution >= 0.6 is 0 Å². The molecule has 42 heavy (non-hydrogen) atoms. The first-order valence-corrected chi connectivity index (χ1v) is 14.2. The lowest BCUT2D eigenvalue weighted by Crippen LogP contribution is -2.46. The van der Waals surface area contributed by atoms with Gasteiger partial charge in [-0.2, -0.15) is 5.10 Å². The molecule has 1 atom stereocenters. The molecule has 1 aromatic heterocycles. The summed E-state index contributed by atoms with van der Waals surface area (Å²) in [5.74, 6) is 2.29. The van der Waals surface area contributed by atoms with E-state index in [9.17, 15) is 0 Å². The molecule has 3 heterocycles. The maximum absolute atomic E-state index is 5.34. The van der Waals surface area contributed by atoms with E-state index in [1.807, 2.05) is 28.9 Å². The van der Waals surface area contributed by atoms with Crippen LogP contribution < -0.4 is 15.1 Å². The van der Waals surface area contributed by atoms with Gasteiger partial charge in [0.2, 0.25) is 0 Å². The Kier molecular flexibility index (Phi) is 6.16. The van der Waals surface area contributed by atoms with Crippen LogP contribution in [0, 0.1) is 20.8 Å². The normalized spacial score (nSPS) is 15.3. The van der Waals surface area contributed by atoms with Crippen LogP contribution in [0.2, 0.25) is 0 Å². The lowest BCUT2D eigenvalue weighted by molar-refractivity contribution is 0.815. The quantitative estimate of drug-likeness (QED) is 0.249. The first-order valence-electron chi connectivity index (χ1n) is 14.2. The molecule has 4 aromatic carbocycles. The van der Waals surface area contributed by atoms with Gasteiger partial charge >= 0.3 is 0 Å². The van der Waals surface area contributed by atoms with Crippen molar-refractivity contribution in [1.82, 2.24) is 9.78 Å². The highest BCUT2D eigenvalue weighted by Crippen LogP contribution is 2.48. The Bertz CT molecular complexity index is 1860. The first-order chi connectivity index (χ1) is 20.4. The fourth-order valence-electron chi connectivity index (χ4n) is 5.77. The molecule has 0 aliphatic carbocycles. The summed E-state index contributed by atoms with van der Waals surface area (Å²) in [5.41, 5.74) is 10.7. The van der Waals surface area contributed by atoms with Crippen LogP contribution in [0.4, 0.5) is 28.6 Å². The van der Waals surface area contributed by atoms with E-state index in [4.69, 9.17) is 15.1 Å². The molecule has 1 N–H and O–H groups in total. The van der Waals surface area contributed by atoms with Gasteiger partial charge in [-0.1, -0.05) is 48.5 Å². The number of aromatic nitrogens is 2. The van der Waals surface area contributed by atoms with Crippen LogP contribution in [0.1, 0.15) is 34.0 Å². The number of rotatable bonds is 4. The lowest BCUT2D eigenvalue weighted by atomic mass is 9.93. The molecule has 0 fully saturated rings. The summed E-state index contributed by atoms with van der Waals surface area (Å²) in [4.78, 5) is 14.9. The van der Waals surface area contributed by atoms with Crippen LogP contribution in [0.5, 0.6) is 0 Å². The fourth-order valence-corrected chi connectivity index (χ4v) is 5.77. The Morgan fingerprint density at radius 1 is 0.762 bits per heavy atom. The number of nitrogens with one attached hydrogen (secondary N) is 1. The summed E-state index contributed by atoms with van der Waals surface area (Å²) in [5, 5.41) is 8.67. The monoisotopic (exact) mass is 551 g/mol. The molecular formula is C35H33N7. The molecule has 0 amide bonds. The van der Waals surface area contributed by atoms with Gasteiger partial charge in [0.15, 0.2) is 17.5 Å². The van der Waals surface area contributed by atoms with Crippen molar-refractivity contribution in [3.8, 4) is 5.69 Å². The number of hydrogen-bond acceptors (Lipinski definition) is 6. The second-order valence-electron chi connectivity index (χ2n) is 11.1.